The number of hydrogen-bond donors (Lipinski definition) is 2. The van der Waals surface area contributed by atoms with Crippen LogP contribution in [-0.2, 0) is 6.54 Å². The minimum atomic E-state index is -0.447. The van der Waals surface area contributed by atoms with Gasteiger partial charge in [0, 0.05) is 28.7 Å². The van der Waals surface area contributed by atoms with Crippen molar-refractivity contribution in [3.05, 3.63) is 53.2 Å². The quantitative estimate of drug-likeness (QED) is 0.894. The predicted octanol–water partition coefficient (Wildman–Crippen LogP) is 2.25. The maximum atomic E-state index is 11.2. The van der Waals surface area contributed by atoms with Crippen molar-refractivity contribution in [1.29, 1.82) is 0 Å². The average Bonchev–Trinajstić information content (AvgIpc) is 2.82. The van der Waals surface area contributed by atoms with Gasteiger partial charge in [-0.15, -0.1) is 0 Å². The Hall–Kier alpha value is -2.69. The number of aromatic nitrogens is 1. The molecule has 1 aromatic carbocycles. The normalized spacial score (nSPS) is 12.8. The van der Waals surface area contributed by atoms with Crippen molar-refractivity contribution in [2.75, 3.05) is 5.32 Å². The number of hydrogen-bond acceptors (Lipinski definition) is 4. The Balaban J connectivity index is 1.97. The number of nitrogens with zero attached hydrogens (tertiary/aromatic N) is 2. The molecular formula is C15H14N4O. The van der Waals surface area contributed by atoms with E-state index in [1.165, 1.54) is 0 Å². The van der Waals surface area contributed by atoms with Crippen LogP contribution >= 0.6 is 0 Å². The van der Waals surface area contributed by atoms with Crippen LogP contribution in [0.3, 0.4) is 0 Å². The van der Waals surface area contributed by atoms with E-state index in [0.717, 1.165) is 28.3 Å². The van der Waals surface area contributed by atoms with Crippen molar-refractivity contribution < 1.29 is 4.79 Å². The first-order valence-corrected chi connectivity index (χ1v) is 6.31. The molecular weight excluding hydrogens is 252 g/mol. The van der Waals surface area contributed by atoms with E-state index < -0.39 is 5.91 Å². The van der Waals surface area contributed by atoms with E-state index >= 15 is 0 Å². The van der Waals surface area contributed by atoms with Crippen LogP contribution in [0.15, 0.2) is 41.5 Å². The maximum Gasteiger partial charge on any atom is 0.248 e. The second-order valence-electron chi connectivity index (χ2n) is 4.67. The van der Waals surface area contributed by atoms with Gasteiger partial charge in [0.15, 0.2) is 0 Å². The van der Waals surface area contributed by atoms with Gasteiger partial charge in [-0.3, -0.25) is 9.79 Å². The highest BCUT2D eigenvalue weighted by atomic mass is 16.1. The number of fused-ring (bicyclic) bond motifs is 1. The fourth-order valence-corrected chi connectivity index (χ4v) is 2.30. The Bertz CT molecular complexity index is 722. The Morgan fingerprint density at radius 1 is 1.35 bits per heavy atom. The lowest BCUT2D eigenvalue weighted by molar-refractivity contribution is 0.100. The van der Waals surface area contributed by atoms with Gasteiger partial charge in [0.05, 0.1) is 6.54 Å². The summed E-state index contributed by atoms with van der Waals surface area (Å²) in [5, 5.41) is 3.23. The number of amides is 1. The molecule has 0 fully saturated rings. The summed E-state index contributed by atoms with van der Waals surface area (Å²) in [6.45, 7) is 2.66. The van der Waals surface area contributed by atoms with Gasteiger partial charge in [-0.1, -0.05) is 6.07 Å². The lowest BCUT2D eigenvalue weighted by atomic mass is 10.1. The average molecular weight is 266 g/mol. The second-order valence-corrected chi connectivity index (χ2v) is 4.67. The molecule has 2 heterocycles. The van der Waals surface area contributed by atoms with E-state index in [1.807, 2.05) is 19.1 Å². The van der Waals surface area contributed by atoms with Gasteiger partial charge in [0.2, 0.25) is 5.91 Å². The monoisotopic (exact) mass is 266 g/mol. The standard InChI is InChI=1S/C15H14N4O/c1-9-13-11(8-18-9)5-6-17-15(13)19-12-4-2-3-10(7-12)14(16)20/h2-7H,8H2,1H3,(H2,16,20)(H,17,19). The van der Waals surface area contributed by atoms with Crippen molar-refractivity contribution in [3.63, 3.8) is 0 Å². The van der Waals surface area contributed by atoms with Gasteiger partial charge < -0.3 is 11.1 Å². The summed E-state index contributed by atoms with van der Waals surface area (Å²) in [6, 6.07) is 9.02. The molecule has 0 saturated carbocycles. The van der Waals surface area contributed by atoms with Crippen LogP contribution in [0, 0.1) is 0 Å². The van der Waals surface area contributed by atoms with Crippen LogP contribution in [-0.4, -0.2) is 16.6 Å². The van der Waals surface area contributed by atoms with Crippen LogP contribution in [0.1, 0.15) is 28.4 Å². The number of carbonyl (C=O) groups is 1. The van der Waals surface area contributed by atoms with E-state index in [1.54, 1.807) is 24.4 Å². The minimum absolute atomic E-state index is 0.447. The van der Waals surface area contributed by atoms with E-state index in [9.17, 15) is 4.79 Å². The zero-order chi connectivity index (χ0) is 14.1. The number of primary amides is 1. The summed E-state index contributed by atoms with van der Waals surface area (Å²) in [5.41, 5.74) is 9.70. The summed E-state index contributed by atoms with van der Waals surface area (Å²) >= 11 is 0. The van der Waals surface area contributed by atoms with E-state index in [-0.39, 0.29) is 0 Å². The molecule has 5 heteroatoms. The Labute approximate surface area is 116 Å². The van der Waals surface area contributed by atoms with Crippen LogP contribution < -0.4 is 11.1 Å². The lowest BCUT2D eigenvalue weighted by Crippen LogP contribution is -2.11. The molecule has 3 rings (SSSR count). The lowest BCUT2D eigenvalue weighted by Gasteiger charge is -2.11. The Morgan fingerprint density at radius 3 is 3.00 bits per heavy atom. The summed E-state index contributed by atoms with van der Waals surface area (Å²) in [6.07, 6.45) is 1.76. The van der Waals surface area contributed by atoms with Crippen LogP contribution in [0.4, 0.5) is 11.5 Å². The van der Waals surface area contributed by atoms with E-state index in [2.05, 4.69) is 15.3 Å². The van der Waals surface area contributed by atoms with Crippen LogP contribution in [0.2, 0.25) is 0 Å². The molecule has 0 radical (unpaired) electrons. The fourth-order valence-electron chi connectivity index (χ4n) is 2.30. The molecule has 0 unspecified atom stereocenters. The summed E-state index contributed by atoms with van der Waals surface area (Å²) < 4.78 is 0. The molecule has 5 nitrogen and oxygen atoms in total. The minimum Gasteiger partial charge on any atom is -0.366 e. The molecule has 0 bridgehead atoms. The van der Waals surface area contributed by atoms with Crippen molar-refractivity contribution in [2.45, 2.75) is 13.5 Å². The molecule has 100 valence electrons. The van der Waals surface area contributed by atoms with E-state index in [0.29, 0.717) is 12.1 Å². The summed E-state index contributed by atoms with van der Waals surface area (Å²) in [5.74, 6) is 0.306. The third-order valence-corrected chi connectivity index (χ3v) is 3.30. The van der Waals surface area contributed by atoms with Crippen LogP contribution in [0.5, 0.6) is 0 Å². The molecule has 1 aliphatic heterocycles. The molecule has 0 aliphatic carbocycles. The van der Waals surface area contributed by atoms with Crippen LogP contribution in [0.25, 0.3) is 0 Å². The Morgan fingerprint density at radius 2 is 2.20 bits per heavy atom. The zero-order valence-corrected chi connectivity index (χ0v) is 11.1. The largest absolute Gasteiger partial charge is 0.366 e. The van der Waals surface area contributed by atoms with Gasteiger partial charge in [-0.05, 0) is 36.8 Å². The van der Waals surface area contributed by atoms with Crippen molar-refractivity contribution in [2.24, 2.45) is 10.7 Å². The molecule has 3 N–H and O–H groups in total. The zero-order valence-electron chi connectivity index (χ0n) is 11.1. The molecule has 1 aromatic heterocycles. The molecule has 0 spiro atoms. The SMILES string of the molecule is CC1=NCc2ccnc(Nc3cccc(C(N)=O)c3)c21. The topological polar surface area (TPSA) is 80.4 Å². The number of carbonyl (C=O) groups excluding carboxylic acids is 1. The number of anilines is 2. The number of nitrogens with two attached hydrogens (primary N) is 1. The molecule has 20 heavy (non-hydrogen) atoms. The Kier molecular flexibility index (Phi) is 2.95. The van der Waals surface area contributed by atoms with Crippen molar-refractivity contribution in [1.82, 2.24) is 4.98 Å². The first-order chi connectivity index (χ1) is 9.65. The predicted molar refractivity (Wildman–Crippen MR) is 78.4 cm³/mol. The highest BCUT2D eigenvalue weighted by molar-refractivity contribution is 6.06. The highest BCUT2D eigenvalue weighted by Crippen LogP contribution is 2.27. The summed E-state index contributed by atoms with van der Waals surface area (Å²) in [7, 11) is 0. The smallest absolute Gasteiger partial charge is 0.248 e. The third kappa shape index (κ3) is 2.14. The van der Waals surface area contributed by atoms with Crippen molar-refractivity contribution >= 4 is 23.1 Å². The number of nitrogens with one attached hydrogen (secondary N) is 1. The molecule has 1 amide bonds. The fraction of sp³-hybridized carbons (Fsp3) is 0.133. The van der Waals surface area contributed by atoms with Crippen molar-refractivity contribution in [3.8, 4) is 0 Å². The molecule has 1 aliphatic rings. The second kappa shape index (κ2) is 4.77. The van der Waals surface area contributed by atoms with Gasteiger partial charge in [0.1, 0.15) is 5.82 Å². The van der Waals surface area contributed by atoms with Gasteiger partial charge >= 0.3 is 0 Å². The van der Waals surface area contributed by atoms with Gasteiger partial charge in [-0.25, -0.2) is 4.98 Å². The molecule has 2 aromatic rings. The molecule has 0 atom stereocenters. The number of aliphatic imine (C=N–C) groups is 1. The summed E-state index contributed by atoms with van der Waals surface area (Å²) in [4.78, 5) is 20.0. The number of pyridine rings is 1. The maximum absolute atomic E-state index is 11.2. The van der Waals surface area contributed by atoms with E-state index in [4.69, 9.17) is 5.73 Å². The first-order valence-electron chi connectivity index (χ1n) is 6.31. The van der Waals surface area contributed by atoms with Gasteiger partial charge in [-0.2, -0.15) is 0 Å². The third-order valence-electron chi connectivity index (χ3n) is 3.30. The highest BCUT2D eigenvalue weighted by Gasteiger charge is 2.17. The first kappa shape index (κ1) is 12.3. The number of rotatable bonds is 3. The molecule has 0 saturated heterocycles. The van der Waals surface area contributed by atoms with Gasteiger partial charge in [0.25, 0.3) is 0 Å². The number of benzene rings is 1.